The quantitative estimate of drug-likeness (QED) is 0.828. The number of hydrogen-bond donors (Lipinski definition) is 0. The summed E-state index contributed by atoms with van der Waals surface area (Å²) in [7, 11) is 0. The summed E-state index contributed by atoms with van der Waals surface area (Å²) in [5.74, 6) is 2.37. The zero-order valence-corrected chi connectivity index (χ0v) is 14.0. The molecule has 0 aliphatic carbocycles. The van der Waals surface area contributed by atoms with Crippen LogP contribution < -0.4 is 9.47 Å². The fourth-order valence-electron chi connectivity index (χ4n) is 2.90. The molecule has 2 heterocycles. The molecule has 1 aromatic carbocycles. The van der Waals surface area contributed by atoms with Gasteiger partial charge in [-0.25, -0.2) is 0 Å². The Hall–Kier alpha value is -1.77. The van der Waals surface area contributed by atoms with Crippen LogP contribution >= 0.6 is 0 Å². The largest absolute Gasteiger partial charge is 0.494 e. The lowest BCUT2D eigenvalue weighted by Crippen LogP contribution is -2.32. The van der Waals surface area contributed by atoms with Gasteiger partial charge in [0, 0.05) is 16.9 Å². The van der Waals surface area contributed by atoms with Crippen LogP contribution in [0.25, 0.3) is 10.9 Å². The molecule has 1 aliphatic rings. The second kappa shape index (κ2) is 5.79. The van der Waals surface area contributed by atoms with E-state index < -0.39 is 0 Å². The summed E-state index contributed by atoms with van der Waals surface area (Å²) in [4.78, 5) is 4.52. The molecule has 0 amide bonds. The molecular weight excluding hydrogens is 274 g/mol. The molecule has 3 rings (SSSR count). The Balaban J connectivity index is 2.02. The molecule has 0 radical (unpaired) electrons. The molecule has 0 spiro atoms. The minimum Gasteiger partial charge on any atom is -0.494 e. The Morgan fingerprint density at radius 3 is 2.86 bits per heavy atom. The number of ether oxygens (including phenoxy) is 2. The Morgan fingerprint density at radius 1 is 1.32 bits per heavy atom. The third kappa shape index (κ3) is 2.90. The van der Waals surface area contributed by atoms with Crippen molar-refractivity contribution in [2.45, 2.75) is 40.5 Å². The van der Waals surface area contributed by atoms with E-state index in [0.717, 1.165) is 43.1 Å². The molecule has 22 heavy (non-hydrogen) atoms. The Morgan fingerprint density at radius 2 is 2.14 bits per heavy atom. The molecule has 0 saturated heterocycles. The van der Waals surface area contributed by atoms with Gasteiger partial charge < -0.3 is 9.47 Å². The predicted molar refractivity (Wildman–Crippen MR) is 89.7 cm³/mol. The maximum atomic E-state index is 5.99. The minimum atomic E-state index is 0.240. The first kappa shape index (κ1) is 15.1. The van der Waals surface area contributed by atoms with Crippen LogP contribution in [-0.2, 0) is 6.42 Å². The first-order valence-electron chi connectivity index (χ1n) is 8.16. The van der Waals surface area contributed by atoms with Crippen LogP contribution in [0.3, 0.4) is 0 Å². The Labute approximate surface area is 132 Å². The maximum absolute atomic E-state index is 5.99. The number of benzene rings is 1. The summed E-state index contributed by atoms with van der Waals surface area (Å²) in [5.41, 5.74) is 2.53. The second-order valence-electron chi connectivity index (χ2n) is 7.21. The zero-order chi connectivity index (χ0) is 15.7. The van der Waals surface area contributed by atoms with Crippen LogP contribution in [0.1, 0.15) is 39.7 Å². The molecule has 1 aromatic heterocycles. The van der Waals surface area contributed by atoms with Crippen LogP contribution in [0.15, 0.2) is 24.4 Å². The lowest BCUT2D eigenvalue weighted by molar-refractivity contribution is 0.127. The van der Waals surface area contributed by atoms with Gasteiger partial charge in [-0.05, 0) is 36.5 Å². The highest BCUT2D eigenvalue weighted by Gasteiger charge is 2.31. The van der Waals surface area contributed by atoms with Crippen LogP contribution in [0, 0.1) is 11.3 Å². The number of aromatic nitrogens is 1. The van der Waals surface area contributed by atoms with Crippen LogP contribution in [-0.4, -0.2) is 18.2 Å². The summed E-state index contributed by atoms with van der Waals surface area (Å²) >= 11 is 0. The van der Waals surface area contributed by atoms with Gasteiger partial charge in [0.05, 0.1) is 24.9 Å². The van der Waals surface area contributed by atoms with Crippen molar-refractivity contribution < 1.29 is 9.47 Å². The van der Waals surface area contributed by atoms with Gasteiger partial charge in [0.15, 0.2) is 0 Å². The van der Waals surface area contributed by atoms with Gasteiger partial charge in [-0.1, -0.05) is 27.7 Å². The van der Waals surface area contributed by atoms with E-state index in [0.29, 0.717) is 5.92 Å². The fourth-order valence-corrected chi connectivity index (χ4v) is 2.90. The molecule has 1 atom stereocenters. The molecule has 1 unspecified atom stereocenters. The molecule has 0 bridgehead atoms. The van der Waals surface area contributed by atoms with Crippen molar-refractivity contribution in [2.24, 2.45) is 11.3 Å². The lowest BCUT2D eigenvalue weighted by Gasteiger charge is -2.35. The third-order valence-electron chi connectivity index (χ3n) is 4.50. The molecule has 0 fully saturated rings. The van der Waals surface area contributed by atoms with Gasteiger partial charge in [-0.15, -0.1) is 0 Å². The summed E-state index contributed by atoms with van der Waals surface area (Å²) in [5, 5.41) is 1.17. The zero-order valence-electron chi connectivity index (χ0n) is 14.0. The van der Waals surface area contributed by atoms with E-state index in [1.165, 1.54) is 10.9 Å². The molecule has 0 saturated carbocycles. The lowest BCUT2D eigenvalue weighted by atomic mass is 9.76. The molecule has 3 nitrogen and oxygen atoms in total. The van der Waals surface area contributed by atoms with Crippen molar-refractivity contribution in [1.29, 1.82) is 0 Å². The highest BCUT2D eigenvalue weighted by molar-refractivity contribution is 5.85. The van der Waals surface area contributed by atoms with E-state index in [4.69, 9.17) is 9.47 Å². The average molecular weight is 299 g/mol. The first-order chi connectivity index (χ1) is 10.5. The van der Waals surface area contributed by atoms with Crippen LogP contribution in [0.2, 0.25) is 0 Å². The van der Waals surface area contributed by atoms with Crippen molar-refractivity contribution in [3.05, 3.63) is 30.0 Å². The summed E-state index contributed by atoms with van der Waals surface area (Å²) in [6, 6.07) is 6.16. The monoisotopic (exact) mass is 299 g/mol. The van der Waals surface area contributed by atoms with Crippen LogP contribution in [0.5, 0.6) is 11.5 Å². The van der Waals surface area contributed by atoms with Gasteiger partial charge in [0.2, 0.25) is 0 Å². The highest BCUT2D eigenvalue weighted by Crippen LogP contribution is 2.39. The Kier molecular flexibility index (Phi) is 3.98. The van der Waals surface area contributed by atoms with Crippen molar-refractivity contribution in [2.75, 3.05) is 13.2 Å². The van der Waals surface area contributed by atoms with Gasteiger partial charge in [-0.2, -0.15) is 0 Å². The SMILES string of the molecule is CCCOc1ccc2ncc3c(c2c1)CC(C(C)(C)C)CO3. The van der Waals surface area contributed by atoms with E-state index in [2.05, 4.69) is 38.7 Å². The molecule has 3 heteroatoms. The smallest absolute Gasteiger partial charge is 0.141 e. The summed E-state index contributed by atoms with van der Waals surface area (Å²) in [6.45, 7) is 10.5. The second-order valence-corrected chi connectivity index (χ2v) is 7.21. The van der Waals surface area contributed by atoms with Gasteiger partial charge in [-0.3, -0.25) is 4.98 Å². The molecule has 0 N–H and O–H groups in total. The fraction of sp³-hybridized carbons (Fsp3) is 0.526. The highest BCUT2D eigenvalue weighted by atomic mass is 16.5. The van der Waals surface area contributed by atoms with E-state index in [1.807, 2.05) is 18.3 Å². The molecule has 118 valence electrons. The van der Waals surface area contributed by atoms with Crippen LogP contribution in [0.4, 0.5) is 0 Å². The number of fused-ring (bicyclic) bond motifs is 3. The van der Waals surface area contributed by atoms with Gasteiger partial charge in [0.1, 0.15) is 11.5 Å². The van der Waals surface area contributed by atoms with Crippen molar-refractivity contribution in [3.8, 4) is 11.5 Å². The number of pyridine rings is 1. The van der Waals surface area contributed by atoms with Gasteiger partial charge >= 0.3 is 0 Å². The molecule has 2 aromatic rings. The van der Waals surface area contributed by atoms with Crippen molar-refractivity contribution in [3.63, 3.8) is 0 Å². The third-order valence-corrected chi connectivity index (χ3v) is 4.50. The topological polar surface area (TPSA) is 31.4 Å². The predicted octanol–water partition coefficient (Wildman–Crippen LogP) is 4.62. The van der Waals surface area contributed by atoms with Crippen molar-refractivity contribution >= 4 is 10.9 Å². The van der Waals surface area contributed by atoms with E-state index >= 15 is 0 Å². The van der Waals surface area contributed by atoms with E-state index in [9.17, 15) is 0 Å². The summed E-state index contributed by atoms with van der Waals surface area (Å²) < 4.78 is 11.8. The first-order valence-corrected chi connectivity index (χ1v) is 8.16. The molecule has 1 aliphatic heterocycles. The molecular formula is C19H25NO2. The van der Waals surface area contributed by atoms with E-state index in [1.54, 1.807) is 0 Å². The summed E-state index contributed by atoms with van der Waals surface area (Å²) in [6.07, 6.45) is 3.91. The minimum absolute atomic E-state index is 0.240. The Bertz CT molecular complexity index is 673. The number of nitrogens with zero attached hydrogens (tertiary/aromatic N) is 1. The normalized spacial score (nSPS) is 17.9. The van der Waals surface area contributed by atoms with Crippen molar-refractivity contribution in [1.82, 2.24) is 4.98 Å². The maximum Gasteiger partial charge on any atom is 0.141 e. The average Bonchev–Trinajstić information content (AvgIpc) is 2.51. The number of hydrogen-bond acceptors (Lipinski definition) is 3. The van der Waals surface area contributed by atoms with E-state index in [-0.39, 0.29) is 5.41 Å². The number of rotatable bonds is 3. The van der Waals surface area contributed by atoms with Gasteiger partial charge in [0.25, 0.3) is 0 Å². The standard InChI is InChI=1S/C19H25NO2/c1-5-8-21-14-6-7-17-15(10-14)16-9-13(19(2,3)4)12-22-18(16)11-20-17/h6-7,10-11,13H,5,8-9,12H2,1-4H3.